The van der Waals surface area contributed by atoms with Crippen molar-refractivity contribution in [2.75, 3.05) is 0 Å². The summed E-state index contributed by atoms with van der Waals surface area (Å²) in [7, 11) is 0. The number of hydrogen-bond acceptors (Lipinski definition) is 3. The molecule has 0 amide bonds. The second-order valence-electron chi connectivity index (χ2n) is 8.05. The molecule has 5 rings (SSSR count). The predicted molar refractivity (Wildman–Crippen MR) is 154 cm³/mol. The van der Waals surface area contributed by atoms with E-state index in [9.17, 15) is 5.11 Å². The topological polar surface area (TPSA) is 44.0 Å². The summed E-state index contributed by atoms with van der Waals surface area (Å²) < 4.78 is 0. The first-order valence-electron chi connectivity index (χ1n) is 11.3. The molecule has 5 aromatic rings. The summed E-state index contributed by atoms with van der Waals surface area (Å²) in [4.78, 5) is 0. The molecule has 0 aliphatic heterocycles. The van der Waals surface area contributed by atoms with Gasteiger partial charge in [-0.2, -0.15) is 5.26 Å². The van der Waals surface area contributed by atoms with Crippen molar-refractivity contribution < 1.29 is 5.11 Å². The van der Waals surface area contributed by atoms with E-state index in [-0.39, 0.29) is 0 Å². The standard InChI is InChI=1S/C30H25OP.CHNS/c31-29-23-13-14-24-30(29)32(25-15-5-1-6-16-25,26-17-7-2-8-18-26,27-19-9-3-10-20-27)28-21-11-4-12-22-28;2-1-3/h1-24,31H;3H. The van der Waals surface area contributed by atoms with Crippen LogP contribution >= 0.6 is 19.2 Å². The average Bonchev–Trinajstić information content (AvgIpc) is 2.93. The first kappa shape index (κ1) is 24.3. The molecule has 0 saturated carbocycles. The van der Waals surface area contributed by atoms with Crippen LogP contribution in [0.5, 0.6) is 5.75 Å². The number of nitrogens with zero attached hydrogens (tertiary/aromatic N) is 1. The molecule has 0 aliphatic rings. The third-order valence-electron chi connectivity index (χ3n) is 6.45. The third kappa shape index (κ3) is 3.82. The van der Waals surface area contributed by atoms with Gasteiger partial charge in [0, 0.05) is 0 Å². The Balaban J connectivity index is 0.000000917. The van der Waals surface area contributed by atoms with Crippen molar-refractivity contribution >= 4 is 45.8 Å². The fourth-order valence-corrected chi connectivity index (χ4v) is 12.1. The van der Waals surface area contributed by atoms with Crippen LogP contribution in [0.15, 0.2) is 146 Å². The van der Waals surface area contributed by atoms with Crippen LogP contribution in [0.2, 0.25) is 0 Å². The SMILES string of the molecule is N#CS.Oc1ccccc1P(c1ccccc1)(c1ccccc1)(c1ccccc1)c1ccccc1. The minimum absolute atomic E-state index is 0.311. The second-order valence-corrected chi connectivity index (χ2v) is 13.0. The molecule has 35 heavy (non-hydrogen) atoms. The molecule has 1 N–H and O–H groups in total. The van der Waals surface area contributed by atoms with Crippen molar-refractivity contribution in [2.24, 2.45) is 0 Å². The Labute approximate surface area is 212 Å². The number of aromatic hydroxyl groups is 1. The van der Waals surface area contributed by atoms with Crippen molar-refractivity contribution in [3.63, 3.8) is 0 Å². The Morgan fingerprint density at radius 2 is 0.743 bits per heavy atom. The molecular formula is C31H26NOPS. The van der Waals surface area contributed by atoms with Gasteiger partial charge in [-0.05, 0) is 0 Å². The normalized spacial score (nSPS) is 11.7. The van der Waals surface area contributed by atoms with Gasteiger partial charge in [0.1, 0.15) is 5.40 Å². The van der Waals surface area contributed by atoms with Gasteiger partial charge in [0.2, 0.25) is 0 Å². The van der Waals surface area contributed by atoms with Crippen molar-refractivity contribution in [3.05, 3.63) is 146 Å². The van der Waals surface area contributed by atoms with Crippen LogP contribution in [-0.4, -0.2) is 5.11 Å². The van der Waals surface area contributed by atoms with Crippen LogP contribution in [0.25, 0.3) is 0 Å². The molecule has 172 valence electrons. The van der Waals surface area contributed by atoms with Crippen LogP contribution in [0.3, 0.4) is 0 Å². The number of thiol groups is 1. The van der Waals surface area contributed by atoms with Gasteiger partial charge in [-0.25, -0.2) is 0 Å². The Morgan fingerprint density at radius 1 is 0.486 bits per heavy atom. The number of rotatable bonds is 5. The van der Waals surface area contributed by atoms with E-state index in [0.29, 0.717) is 5.75 Å². The van der Waals surface area contributed by atoms with E-state index in [1.807, 2.05) is 18.2 Å². The Kier molecular flexibility index (Phi) is 7.37. The zero-order valence-electron chi connectivity index (χ0n) is 19.1. The van der Waals surface area contributed by atoms with E-state index in [1.54, 1.807) is 0 Å². The number of nitriles is 1. The van der Waals surface area contributed by atoms with Crippen molar-refractivity contribution in [1.82, 2.24) is 0 Å². The average molecular weight is 492 g/mol. The zero-order valence-corrected chi connectivity index (χ0v) is 20.9. The summed E-state index contributed by atoms with van der Waals surface area (Å²) in [6.45, 7) is -3.56. The van der Waals surface area contributed by atoms with E-state index in [1.165, 1.54) is 26.6 Å². The zero-order chi connectivity index (χ0) is 24.6. The number of phenolic OH excluding ortho intramolecular Hbond substituents is 1. The molecule has 5 aromatic carbocycles. The molecule has 0 aromatic heterocycles. The van der Waals surface area contributed by atoms with Gasteiger partial charge in [-0.3, -0.25) is 0 Å². The number of phenols is 1. The van der Waals surface area contributed by atoms with Crippen molar-refractivity contribution in [3.8, 4) is 11.2 Å². The van der Waals surface area contributed by atoms with Crippen LogP contribution < -0.4 is 26.5 Å². The Bertz CT molecular complexity index is 1250. The molecule has 0 radical (unpaired) electrons. The quantitative estimate of drug-likeness (QED) is 0.200. The maximum absolute atomic E-state index is 11.5. The third-order valence-corrected chi connectivity index (χ3v) is 13.1. The summed E-state index contributed by atoms with van der Waals surface area (Å²) in [6.07, 6.45) is 0. The molecule has 0 heterocycles. The molecule has 0 aliphatic carbocycles. The Morgan fingerprint density at radius 3 is 1.03 bits per heavy atom. The van der Waals surface area contributed by atoms with Gasteiger partial charge in [0.25, 0.3) is 0 Å². The fourth-order valence-electron chi connectivity index (χ4n) is 5.20. The van der Waals surface area contributed by atoms with Gasteiger partial charge in [-0.15, -0.1) is 0 Å². The van der Waals surface area contributed by atoms with E-state index in [4.69, 9.17) is 5.26 Å². The molecular weight excluding hydrogens is 465 g/mol. The summed E-state index contributed by atoms with van der Waals surface area (Å²) in [5, 5.41) is 25.9. The van der Waals surface area contributed by atoms with Gasteiger partial charge < -0.3 is 0 Å². The molecule has 0 spiro atoms. The summed E-state index contributed by atoms with van der Waals surface area (Å²) in [6, 6.07) is 50.7. The molecule has 0 saturated heterocycles. The maximum atomic E-state index is 11.5. The molecule has 4 heteroatoms. The molecule has 0 atom stereocenters. The summed E-state index contributed by atoms with van der Waals surface area (Å²) >= 11 is 3.09. The monoisotopic (exact) mass is 491 g/mol. The van der Waals surface area contributed by atoms with Crippen LogP contribution in [0.4, 0.5) is 0 Å². The summed E-state index contributed by atoms with van der Waals surface area (Å²) in [5.74, 6) is 0.311. The van der Waals surface area contributed by atoms with E-state index in [0.717, 1.165) is 5.30 Å². The first-order chi connectivity index (χ1) is 17.2. The number of benzene rings is 5. The van der Waals surface area contributed by atoms with Crippen molar-refractivity contribution in [1.29, 1.82) is 5.26 Å². The van der Waals surface area contributed by atoms with Gasteiger partial charge in [-0.1, -0.05) is 12.6 Å². The number of para-hydroxylation sites is 1. The molecule has 0 bridgehead atoms. The van der Waals surface area contributed by atoms with Crippen molar-refractivity contribution in [2.45, 2.75) is 0 Å². The van der Waals surface area contributed by atoms with E-state index in [2.05, 4.69) is 140 Å². The van der Waals surface area contributed by atoms with E-state index >= 15 is 0 Å². The molecule has 0 fully saturated rings. The van der Waals surface area contributed by atoms with E-state index < -0.39 is 6.60 Å². The molecule has 2 nitrogen and oxygen atoms in total. The van der Waals surface area contributed by atoms with Crippen LogP contribution in [0, 0.1) is 10.7 Å². The van der Waals surface area contributed by atoms with Crippen LogP contribution in [-0.2, 0) is 0 Å². The van der Waals surface area contributed by atoms with Crippen LogP contribution in [0.1, 0.15) is 0 Å². The fraction of sp³-hybridized carbons (Fsp3) is 0. The van der Waals surface area contributed by atoms with Gasteiger partial charge >= 0.3 is 190 Å². The predicted octanol–water partition coefficient (Wildman–Crippen LogP) is 5.27. The number of hydrogen-bond donors (Lipinski definition) is 2. The summed E-state index contributed by atoms with van der Waals surface area (Å²) in [5.41, 5.74) is 0. The first-order valence-corrected chi connectivity index (χ1v) is 13.9. The second kappa shape index (κ2) is 10.6. The van der Waals surface area contributed by atoms with Gasteiger partial charge in [0.15, 0.2) is 0 Å². The number of thiocyanates is 1. The minimum atomic E-state index is -3.56. The Hall–Kier alpha value is -3.83. The van der Waals surface area contributed by atoms with Gasteiger partial charge in [0.05, 0.1) is 0 Å². The molecule has 0 unspecified atom stereocenters.